The third kappa shape index (κ3) is 2.79. The van der Waals surface area contributed by atoms with E-state index in [2.05, 4.69) is 15.4 Å². The molecule has 17 heavy (non-hydrogen) atoms. The molecule has 1 fully saturated rings. The molecule has 98 valence electrons. The summed E-state index contributed by atoms with van der Waals surface area (Å²) in [6.45, 7) is 6.49. The van der Waals surface area contributed by atoms with Crippen LogP contribution in [0.1, 0.15) is 13.8 Å². The molecule has 1 heterocycles. The van der Waals surface area contributed by atoms with Crippen molar-refractivity contribution in [3.63, 3.8) is 0 Å². The fraction of sp³-hybridized carbons (Fsp3) is 0.800. The van der Waals surface area contributed by atoms with Gasteiger partial charge in [-0.05, 0) is 13.8 Å². The van der Waals surface area contributed by atoms with Crippen molar-refractivity contribution >= 4 is 11.9 Å². The summed E-state index contributed by atoms with van der Waals surface area (Å²) < 4.78 is 0. The summed E-state index contributed by atoms with van der Waals surface area (Å²) in [4.78, 5) is 15.3. The van der Waals surface area contributed by atoms with Gasteiger partial charge in [0, 0.05) is 33.2 Å². The Kier molecular flexibility index (Phi) is 4.17. The number of amidine groups is 1. The Morgan fingerprint density at radius 3 is 2.29 bits per heavy atom. The van der Waals surface area contributed by atoms with Crippen LogP contribution in [0.25, 0.3) is 0 Å². The molecule has 0 spiro atoms. The third-order valence-corrected chi connectivity index (χ3v) is 3.31. The highest BCUT2D eigenvalue weighted by Gasteiger charge is 2.34. The molecular weight excluding hydrogens is 222 g/mol. The summed E-state index contributed by atoms with van der Waals surface area (Å²) in [5.74, 6) is 0.186. The average molecular weight is 243 g/mol. The second-order valence-corrected chi connectivity index (χ2v) is 4.57. The van der Waals surface area contributed by atoms with E-state index < -0.39 is 5.54 Å². The molecule has 0 unspecified atom stereocenters. The van der Waals surface area contributed by atoms with Crippen molar-refractivity contribution in [3.8, 4) is 0 Å². The Balaban J connectivity index is 2.60. The molecule has 1 aliphatic rings. The van der Waals surface area contributed by atoms with Crippen molar-refractivity contribution in [3.05, 3.63) is 0 Å². The molecule has 0 aromatic rings. The SMILES string of the molecule is CNC(=O)N1CCN(C(C)(C)C(N)=NO)CC1. The second kappa shape index (κ2) is 5.22. The average Bonchev–Trinajstić information content (AvgIpc) is 2.36. The number of amides is 2. The Hall–Kier alpha value is -1.50. The molecule has 0 radical (unpaired) electrons. The predicted molar refractivity (Wildman–Crippen MR) is 65.1 cm³/mol. The normalized spacial score (nSPS) is 19.2. The van der Waals surface area contributed by atoms with Gasteiger partial charge in [0.1, 0.15) is 0 Å². The first kappa shape index (κ1) is 13.6. The summed E-state index contributed by atoms with van der Waals surface area (Å²) >= 11 is 0. The van der Waals surface area contributed by atoms with Crippen LogP contribution in [0.2, 0.25) is 0 Å². The lowest BCUT2D eigenvalue weighted by Gasteiger charge is -2.42. The number of carbonyl (C=O) groups excluding carboxylic acids is 1. The number of rotatable bonds is 2. The second-order valence-electron chi connectivity index (χ2n) is 4.57. The van der Waals surface area contributed by atoms with Crippen molar-refractivity contribution in [2.75, 3.05) is 33.2 Å². The van der Waals surface area contributed by atoms with Gasteiger partial charge in [0.05, 0.1) is 5.54 Å². The van der Waals surface area contributed by atoms with Crippen LogP contribution in [0.4, 0.5) is 4.79 Å². The molecule has 0 aromatic carbocycles. The number of hydrogen-bond acceptors (Lipinski definition) is 4. The number of carbonyl (C=O) groups is 1. The van der Waals surface area contributed by atoms with Gasteiger partial charge in [-0.15, -0.1) is 0 Å². The van der Waals surface area contributed by atoms with Crippen LogP contribution in [-0.2, 0) is 0 Å². The smallest absolute Gasteiger partial charge is 0.317 e. The summed E-state index contributed by atoms with van der Waals surface area (Å²) in [5.41, 5.74) is 5.17. The molecule has 7 heteroatoms. The van der Waals surface area contributed by atoms with Crippen LogP contribution < -0.4 is 11.1 Å². The molecule has 2 amide bonds. The summed E-state index contributed by atoms with van der Waals surface area (Å²) in [5, 5.41) is 14.4. The van der Waals surface area contributed by atoms with Crippen molar-refractivity contribution < 1.29 is 10.0 Å². The van der Waals surface area contributed by atoms with E-state index in [1.54, 1.807) is 11.9 Å². The van der Waals surface area contributed by atoms with Crippen molar-refractivity contribution in [2.24, 2.45) is 10.9 Å². The van der Waals surface area contributed by atoms with Crippen LogP contribution in [0.15, 0.2) is 5.16 Å². The van der Waals surface area contributed by atoms with Crippen LogP contribution in [0, 0.1) is 0 Å². The predicted octanol–water partition coefficient (Wildman–Crippen LogP) is -0.532. The highest BCUT2D eigenvalue weighted by Crippen LogP contribution is 2.17. The fourth-order valence-corrected chi connectivity index (χ4v) is 1.91. The highest BCUT2D eigenvalue weighted by atomic mass is 16.4. The van der Waals surface area contributed by atoms with E-state index in [1.165, 1.54) is 0 Å². The number of piperazine rings is 1. The van der Waals surface area contributed by atoms with Crippen LogP contribution in [-0.4, -0.2) is 65.6 Å². The summed E-state index contributed by atoms with van der Waals surface area (Å²) in [6.07, 6.45) is 0. The van der Waals surface area contributed by atoms with Gasteiger partial charge in [0.15, 0.2) is 5.84 Å². The third-order valence-electron chi connectivity index (χ3n) is 3.31. The Morgan fingerprint density at radius 1 is 1.35 bits per heavy atom. The van der Waals surface area contributed by atoms with E-state index in [-0.39, 0.29) is 11.9 Å². The maximum Gasteiger partial charge on any atom is 0.317 e. The number of oxime groups is 1. The molecule has 1 aliphatic heterocycles. The minimum absolute atomic E-state index is 0.0637. The van der Waals surface area contributed by atoms with E-state index in [9.17, 15) is 4.79 Å². The van der Waals surface area contributed by atoms with E-state index in [4.69, 9.17) is 10.9 Å². The highest BCUT2D eigenvalue weighted by molar-refractivity contribution is 5.88. The molecule has 4 N–H and O–H groups in total. The molecule has 1 rings (SSSR count). The van der Waals surface area contributed by atoms with Gasteiger partial charge in [-0.3, -0.25) is 4.90 Å². The summed E-state index contributed by atoms with van der Waals surface area (Å²) in [6, 6.07) is -0.0637. The molecule has 0 bridgehead atoms. The minimum Gasteiger partial charge on any atom is -0.409 e. The van der Waals surface area contributed by atoms with E-state index in [1.807, 2.05) is 13.8 Å². The van der Waals surface area contributed by atoms with E-state index in [0.717, 1.165) is 0 Å². The van der Waals surface area contributed by atoms with Gasteiger partial charge < -0.3 is 21.2 Å². The van der Waals surface area contributed by atoms with E-state index >= 15 is 0 Å². The van der Waals surface area contributed by atoms with E-state index in [0.29, 0.717) is 26.2 Å². The maximum atomic E-state index is 11.4. The van der Waals surface area contributed by atoms with Crippen LogP contribution >= 0.6 is 0 Å². The first-order valence-corrected chi connectivity index (χ1v) is 5.63. The molecular formula is C10H21N5O2. The zero-order chi connectivity index (χ0) is 13.1. The summed E-state index contributed by atoms with van der Waals surface area (Å²) in [7, 11) is 1.62. The van der Waals surface area contributed by atoms with Crippen LogP contribution in [0.5, 0.6) is 0 Å². The van der Waals surface area contributed by atoms with Crippen molar-refractivity contribution in [2.45, 2.75) is 19.4 Å². The fourth-order valence-electron chi connectivity index (χ4n) is 1.91. The maximum absolute atomic E-state index is 11.4. The van der Waals surface area contributed by atoms with Crippen molar-refractivity contribution in [1.82, 2.24) is 15.1 Å². The number of nitrogens with two attached hydrogens (primary N) is 1. The largest absolute Gasteiger partial charge is 0.409 e. The number of urea groups is 1. The number of nitrogens with zero attached hydrogens (tertiary/aromatic N) is 3. The molecule has 0 atom stereocenters. The first-order chi connectivity index (χ1) is 7.93. The molecule has 0 saturated carbocycles. The van der Waals surface area contributed by atoms with Crippen LogP contribution in [0.3, 0.4) is 0 Å². The molecule has 0 aromatic heterocycles. The Morgan fingerprint density at radius 2 is 1.88 bits per heavy atom. The number of nitrogens with one attached hydrogen (secondary N) is 1. The zero-order valence-corrected chi connectivity index (χ0v) is 10.6. The van der Waals surface area contributed by atoms with Gasteiger partial charge in [-0.2, -0.15) is 0 Å². The Bertz CT molecular complexity index is 308. The van der Waals surface area contributed by atoms with Gasteiger partial charge in [-0.1, -0.05) is 5.16 Å². The monoisotopic (exact) mass is 243 g/mol. The van der Waals surface area contributed by atoms with Crippen molar-refractivity contribution in [1.29, 1.82) is 0 Å². The zero-order valence-electron chi connectivity index (χ0n) is 10.6. The quantitative estimate of drug-likeness (QED) is 0.263. The van der Waals surface area contributed by atoms with Gasteiger partial charge >= 0.3 is 6.03 Å². The lowest BCUT2D eigenvalue weighted by molar-refractivity contribution is 0.0959. The topological polar surface area (TPSA) is 94.2 Å². The van der Waals surface area contributed by atoms with Gasteiger partial charge in [0.2, 0.25) is 0 Å². The molecule has 7 nitrogen and oxygen atoms in total. The van der Waals surface area contributed by atoms with Gasteiger partial charge in [-0.25, -0.2) is 4.79 Å². The first-order valence-electron chi connectivity index (χ1n) is 5.63. The standard InChI is InChI=1S/C10H21N5O2/c1-10(2,8(11)13-17)15-6-4-14(5-7-15)9(16)12-3/h17H,4-7H2,1-3H3,(H2,11,13)(H,12,16). The molecule has 0 aliphatic carbocycles. The van der Waals surface area contributed by atoms with Gasteiger partial charge in [0.25, 0.3) is 0 Å². The lowest BCUT2D eigenvalue weighted by atomic mass is 10.0. The Labute approximate surface area is 101 Å². The minimum atomic E-state index is -0.496. The molecule has 1 saturated heterocycles. The number of hydrogen-bond donors (Lipinski definition) is 3. The lowest BCUT2D eigenvalue weighted by Crippen LogP contribution is -2.61.